The summed E-state index contributed by atoms with van der Waals surface area (Å²) in [4.78, 5) is 3.26. The van der Waals surface area contributed by atoms with Crippen molar-refractivity contribution >= 4 is 39.0 Å². The van der Waals surface area contributed by atoms with Crippen molar-refractivity contribution < 1.29 is 22.3 Å². The van der Waals surface area contributed by atoms with E-state index in [1.54, 1.807) is 24.3 Å². The summed E-state index contributed by atoms with van der Waals surface area (Å²) in [5.74, 6) is -0.883. The number of nitrogens with zero attached hydrogens (tertiary/aromatic N) is 3. The van der Waals surface area contributed by atoms with E-state index in [4.69, 9.17) is 43.5 Å². The lowest BCUT2D eigenvalue weighted by molar-refractivity contribution is 0.178. The minimum Gasteiger partial charge on any atom is -0.455 e. The molecule has 0 spiro atoms. The number of pyridine rings is 1. The topological polar surface area (TPSA) is 143 Å². The van der Waals surface area contributed by atoms with E-state index in [1.807, 2.05) is 0 Å². The number of hydrogen-bond acceptors (Lipinski definition) is 8. The molecule has 0 aliphatic carbocycles. The molecule has 4 rings (SSSR count). The summed E-state index contributed by atoms with van der Waals surface area (Å²) in [5, 5.41) is 12.9. The van der Waals surface area contributed by atoms with Gasteiger partial charge in [0.25, 0.3) is 0 Å². The molecule has 0 aliphatic heterocycles. The Labute approximate surface area is 215 Å². The second-order valence-corrected chi connectivity index (χ2v) is 9.75. The highest BCUT2D eigenvalue weighted by Crippen LogP contribution is 2.46. The molecule has 4 aromatic rings. The summed E-state index contributed by atoms with van der Waals surface area (Å²) in [6, 6.07) is 10.7. The molecule has 2 aromatic carbocycles. The van der Waals surface area contributed by atoms with Gasteiger partial charge < -0.3 is 15.2 Å². The van der Waals surface area contributed by atoms with E-state index in [2.05, 4.69) is 15.2 Å². The monoisotopic (exact) mass is 549 g/mol. The van der Waals surface area contributed by atoms with Crippen LogP contribution in [-0.4, -0.2) is 30.7 Å². The maximum absolute atomic E-state index is 16.0. The number of sulfonamides is 1. The van der Waals surface area contributed by atoms with Gasteiger partial charge in [-0.2, -0.15) is 10.2 Å². The molecule has 0 amide bonds. The Morgan fingerprint density at radius 3 is 2.53 bits per heavy atom. The Hall–Kier alpha value is -3.35. The highest BCUT2D eigenvalue weighted by Gasteiger charge is 2.32. The van der Waals surface area contributed by atoms with E-state index < -0.39 is 31.3 Å². The maximum atomic E-state index is 16.0. The lowest BCUT2D eigenvalue weighted by Crippen LogP contribution is -2.17. The molecule has 186 valence electrons. The number of primary sulfonamides is 1. The van der Waals surface area contributed by atoms with Crippen molar-refractivity contribution in [1.82, 2.24) is 15.2 Å². The van der Waals surface area contributed by atoms with Gasteiger partial charge in [-0.05, 0) is 48.0 Å². The number of ether oxygens (including phenoxy) is 2. The minimum absolute atomic E-state index is 0.0933. The van der Waals surface area contributed by atoms with Crippen LogP contribution in [-0.2, 0) is 21.4 Å². The first-order chi connectivity index (χ1) is 17.1. The van der Waals surface area contributed by atoms with Crippen LogP contribution in [0.4, 0.5) is 10.2 Å². The minimum atomic E-state index is -4.56. The van der Waals surface area contributed by atoms with E-state index >= 15 is 4.39 Å². The van der Waals surface area contributed by atoms with Gasteiger partial charge in [0, 0.05) is 30.1 Å². The average molecular weight is 550 g/mol. The van der Waals surface area contributed by atoms with Crippen LogP contribution in [0.3, 0.4) is 0 Å². The molecule has 0 unspecified atom stereocenters. The highest BCUT2D eigenvalue weighted by atomic mass is 35.5. The first-order valence-electron chi connectivity index (χ1n) is 10.1. The number of benzene rings is 2. The van der Waals surface area contributed by atoms with E-state index in [1.165, 1.54) is 37.7 Å². The van der Waals surface area contributed by atoms with E-state index in [0.29, 0.717) is 16.1 Å². The summed E-state index contributed by atoms with van der Waals surface area (Å²) in [5.41, 5.74) is 6.17. The maximum Gasteiger partial charge on any atom is 0.240 e. The molecular weight excluding hydrogens is 532 g/mol. The zero-order valence-corrected chi connectivity index (χ0v) is 20.9. The SMILES string of the molecule is COCc1c(F)c(-c2cccnn2)c(S(N)(=O)=O)c(Cl)c1Oc1ccc(Cl)cc1-c1ccnc(N)c1. The average Bonchev–Trinajstić information content (AvgIpc) is 2.83. The molecule has 0 radical (unpaired) electrons. The van der Waals surface area contributed by atoms with Gasteiger partial charge >= 0.3 is 0 Å². The number of aromatic nitrogens is 3. The smallest absolute Gasteiger partial charge is 0.240 e. The van der Waals surface area contributed by atoms with Crippen molar-refractivity contribution in [3.63, 3.8) is 0 Å². The van der Waals surface area contributed by atoms with Gasteiger partial charge in [-0.25, -0.2) is 22.9 Å². The summed E-state index contributed by atoms with van der Waals surface area (Å²) in [6.07, 6.45) is 2.84. The molecule has 0 fully saturated rings. The van der Waals surface area contributed by atoms with E-state index in [0.717, 1.165) is 0 Å². The lowest BCUT2D eigenvalue weighted by atomic mass is 10.0. The van der Waals surface area contributed by atoms with Crippen LogP contribution < -0.4 is 15.6 Å². The normalized spacial score (nSPS) is 11.5. The van der Waals surface area contributed by atoms with Crippen LogP contribution in [0, 0.1) is 5.82 Å². The molecule has 13 heteroatoms. The van der Waals surface area contributed by atoms with Crippen molar-refractivity contribution in [3.8, 4) is 33.9 Å². The predicted molar refractivity (Wildman–Crippen MR) is 134 cm³/mol. The lowest BCUT2D eigenvalue weighted by Gasteiger charge is -2.20. The predicted octanol–water partition coefficient (Wildman–Crippen LogP) is 4.82. The number of anilines is 1. The van der Waals surface area contributed by atoms with Gasteiger partial charge in [0.05, 0.1) is 23.4 Å². The Bertz CT molecular complexity index is 1560. The van der Waals surface area contributed by atoms with Gasteiger partial charge in [-0.1, -0.05) is 23.2 Å². The number of halogens is 3. The van der Waals surface area contributed by atoms with E-state index in [-0.39, 0.29) is 35.2 Å². The standard InChI is InChI=1S/C23H18Cl2FN5O4S/c1-34-11-15-21(26)19(16-3-2-7-30-31-16)23(36(28,32)33)20(25)22(15)35-17-5-4-13(24)10-14(17)12-6-8-29-18(27)9-12/h2-10H,11H2,1H3,(H2,27,29)(H2,28,32,33). The fraction of sp³-hybridized carbons (Fsp3) is 0.0870. The molecule has 36 heavy (non-hydrogen) atoms. The first-order valence-corrected chi connectivity index (χ1v) is 12.4. The van der Waals surface area contributed by atoms with Crippen molar-refractivity contribution in [2.45, 2.75) is 11.5 Å². The van der Waals surface area contributed by atoms with Gasteiger partial charge in [0.1, 0.15) is 27.3 Å². The Balaban J connectivity index is 2.01. The second-order valence-electron chi connectivity index (χ2n) is 7.44. The highest BCUT2D eigenvalue weighted by molar-refractivity contribution is 7.89. The molecule has 4 N–H and O–H groups in total. The van der Waals surface area contributed by atoms with Gasteiger partial charge in [-0.3, -0.25) is 0 Å². The van der Waals surface area contributed by atoms with Crippen molar-refractivity contribution in [1.29, 1.82) is 0 Å². The third kappa shape index (κ3) is 5.11. The van der Waals surface area contributed by atoms with Crippen molar-refractivity contribution in [3.05, 3.63) is 76.3 Å². The molecule has 0 saturated heterocycles. The van der Waals surface area contributed by atoms with Crippen molar-refractivity contribution in [2.24, 2.45) is 5.14 Å². The Morgan fingerprint density at radius 2 is 1.89 bits per heavy atom. The van der Waals surface area contributed by atoms with Crippen LogP contribution in [0.5, 0.6) is 11.5 Å². The fourth-order valence-electron chi connectivity index (χ4n) is 3.55. The molecule has 0 atom stereocenters. The summed E-state index contributed by atoms with van der Waals surface area (Å²) in [6.45, 7) is -0.315. The molecular formula is C23H18Cl2FN5O4S. The number of nitrogens with two attached hydrogens (primary N) is 2. The third-order valence-electron chi connectivity index (χ3n) is 5.03. The quantitative estimate of drug-likeness (QED) is 0.334. The van der Waals surface area contributed by atoms with Crippen LogP contribution in [0.1, 0.15) is 5.56 Å². The van der Waals surface area contributed by atoms with Crippen LogP contribution in [0.25, 0.3) is 22.4 Å². The fourth-order valence-corrected chi connectivity index (χ4v) is 5.11. The van der Waals surface area contributed by atoms with E-state index in [9.17, 15) is 8.42 Å². The molecule has 0 saturated carbocycles. The largest absolute Gasteiger partial charge is 0.455 e. The number of methoxy groups -OCH3 is 1. The molecule has 0 bridgehead atoms. The Kier molecular flexibility index (Phi) is 7.38. The Morgan fingerprint density at radius 1 is 1.11 bits per heavy atom. The number of hydrogen-bond donors (Lipinski definition) is 2. The van der Waals surface area contributed by atoms with Crippen molar-refractivity contribution in [2.75, 3.05) is 12.8 Å². The van der Waals surface area contributed by atoms with Crippen LogP contribution in [0.15, 0.2) is 59.8 Å². The summed E-state index contributed by atoms with van der Waals surface area (Å²) in [7, 11) is -3.23. The molecule has 0 aliphatic rings. The number of rotatable bonds is 7. The first kappa shape index (κ1) is 25.7. The second kappa shape index (κ2) is 10.3. The number of nitrogen functional groups attached to an aromatic ring is 1. The summed E-state index contributed by atoms with van der Waals surface area (Å²) >= 11 is 12.8. The van der Waals surface area contributed by atoms with Gasteiger partial charge in [0.15, 0.2) is 5.75 Å². The van der Waals surface area contributed by atoms with Crippen LogP contribution in [0.2, 0.25) is 10.0 Å². The molecule has 2 aromatic heterocycles. The zero-order chi connectivity index (χ0) is 26.0. The zero-order valence-electron chi connectivity index (χ0n) is 18.6. The molecule has 2 heterocycles. The van der Waals surface area contributed by atoms with Gasteiger partial charge in [0.2, 0.25) is 10.0 Å². The molecule has 9 nitrogen and oxygen atoms in total. The summed E-state index contributed by atoms with van der Waals surface area (Å²) < 4.78 is 52.4. The van der Waals surface area contributed by atoms with Crippen LogP contribution >= 0.6 is 23.2 Å². The van der Waals surface area contributed by atoms with Gasteiger partial charge in [-0.15, -0.1) is 0 Å². The third-order valence-corrected chi connectivity index (χ3v) is 6.72.